The Kier molecular flexibility index (Phi) is 7.37. The van der Waals surface area contributed by atoms with Gasteiger partial charge in [0.1, 0.15) is 0 Å². The Bertz CT molecular complexity index is 1220. The fourth-order valence-corrected chi connectivity index (χ4v) is 3.27. The van der Waals surface area contributed by atoms with Gasteiger partial charge in [-0.1, -0.05) is 29.3 Å². The summed E-state index contributed by atoms with van der Waals surface area (Å²) >= 11 is 17.0. The molecule has 3 N–H and O–H groups in total. The van der Waals surface area contributed by atoms with Gasteiger partial charge in [-0.15, -0.1) is 0 Å². The highest BCUT2D eigenvalue weighted by Gasteiger charge is 2.16. The van der Waals surface area contributed by atoms with E-state index in [1.165, 1.54) is 12.1 Å². The molecule has 0 aromatic heterocycles. The number of nitro benzene ring substituents is 1. The fourth-order valence-electron chi connectivity index (χ4n) is 2.60. The summed E-state index contributed by atoms with van der Waals surface area (Å²) in [4.78, 5) is 34.8. The van der Waals surface area contributed by atoms with Gasteiger partial charge in [-0.05, 0) is 60.7 Å². The van der Waals surface area contributed by atoms with E-state index < -0.39 is 10.8 Å². The number of nitrogens with one attached hydrogen (secondary N) is 3. The number of hydrogen-bond donors (Lipinski definition) is 3. The van der Waals surface area contributed by atoms with Crippen LogP contribution in [0.15, 0.2) is 66.7 Å². The van der Waals surface area contributed by atoms with Crippen molar-refractivity contribution in [1.29, 1.82) is 0 Å². The molecule has 0 bridgehead atoms. The molecule has 0 fully saturated rings. The summed E-state index contributed by atoms with van der Waals surface area (Å²) in [5.41, 5.74) is 1.35. The molecule has 2 amide bonds. The summed E-state index contributed by atoms with van der Waals surface area (Å²) in [7, 11) is 0. The van der Waals surface area contributed by atoms with Crippen molar-refractivity contribution in [2.75, 3.05) is 10.6 Å². The Morgan fingerprint density at radius 1 is 0.875 bits per heavy atom. The molecule has 3 rings (SSSR count). The van der Waals surface area contributed by atoms with E-state index in [0.29, 0.717) is 22.0 Å². The lowest BCUT2D eigenvalue weighted by atomic mass is 10.2. The van der Waals surface area contributed by atoms with Crippen molar-refractivity contribution >= 4 is 69.4 Å². The van der Waals surface area contributed by atoms with Crippen molar-refractivity contribution in [3.8, 4) is 0 Å². The highest BCUT2D eigenvalue weighted by molar-refractivity contribution is 7.80. The maximum atomic E-state index is 12.3. The zero-order valence-corrected chi connectivity index (χ0v) is 18.4. The molecule has 0 spiro atoms. The maximum absolute atomic E-state index is 12.3. The van der Waals surface area contributed by atoms with Gasteiger partial charge >= 0.3 is 0 Å². The largest absolute Gasteiger partial charge is 0.332 e. The first-order valence-corrected chi connectivity index (χ1v) is 10.1. The summed E-state index contributed by atoms with van der Waals surface area (Å²) in [5.74, 6) is -0.927. The van der Waals surface area contributed by atoms with Crippen LogP contribution in [0.5, 0.6) is 0 Å². The van der Waals surface area contributed by atoms with Crippen molar-refractivity contribution in [3.05, 3.63) is 98.0 Å². The van der Waals surface area contributed by atoms with Gasteiger partial charge in [-0.2, -0.15) is 0 Å². The summed E-state index contributed by atoms with van der Waals surface area (Å²) < 4.78 is 0. The first-order chi connectivity index (χ1) is 15.2. The topological polar surface area (TPSA) is 113 Å². The van der Waals surface area contributed by atoms with E-state index in [-0.39, 0.29) is 27.3 Å². The molecule has 0 aliphatic heterocycles. The third-order valence-electron chi connectivity index (χ3n) is 4.12. The third-order valence-corrected chi connectivity index (χ3v) is 4.87. The number of carbonyl (C=O) groups is 2. The third kappa shape index (κ3) is 6.01. The van der Waals surface area contributed by atoms with Gasteiger partial charge in [0.2, 0.25) is 0 Å². The van der Waals surface area contributed by atoms with Gasteiger partial charge in [0.25, 0.3) is 17.5 Å². The zero-order chi connectivity index (χ0) is 23.3. The lowest BCUT2D eigenvalue weighted by Gasteiger charge is -2.11. The highest BCUT2D eigenvalue weighted by atomic mass is 35.5. The second-order valence-corrected chi connectivity index (χ2v) is 7.62. The van der Waals surface area contributed by atoms with Crippen LogP contribution < -0.4 is 16.0 Å². The number of anilines is 2. The molecule has 0 unspecified atom stereocenters. The predicted molar refractivity (Wildman–Crippen MR) is 128 cm³/mol. The van der Waals surface area contributed by atoms with Crippen molar-refractivity contribution < 1.29 is 14.5 Å². The number of nitro groups is 1. The lowest BCUT2D eigenvalue weighted by Crippen LogP contribution is -2.34. The molecule has 0 atom stereocenters. The van der Waals surface area contributed by atoms with Crippen LogP contribution in [0.4, 0.5) is 17.1 Å². The van der Waals surface area contributed by atoms with E-state index in [9.17, 15) is 19.7 Å². The maximum Gasteiger partial charge on any atom is 0.270 e. The van der Waals surface area contributed by atoms with Gasteiger partial charge in [-0.3, -0.25) is 25.0 Å². The van der Waals surface area contributed by atoms with Gasteiger partial charge < -0.3 is 10.6 Å². The monoisotopic (exact) mass is 488 g/mol. The minimum absolute atomic E-state index is 0.000123. The minimum atomic E-state index is -0.618. The molecule has 0 radical (unpaired) electrons. The summed E-state index contributed by atoms with van der Waals surface area (Å²) in [5, 5.41) is 19.2. The first kappa shape index (κ1) is 23.1. The Hall–Kier alpha value is -3.53. The molecule has 0 saturated heterocycles. The van der Waals surface area contributed by atoms with Crippen molar-refractivity contribution in [2.24, 2.45) is 0 Å². The molecule has 3 aromatic rings. The van der Waals surface area contributed by atoms with E-state index in [0.717, 1.165) is 6.07 Å². The quantitative estimate of drug-likeness (QED) is 0.255. The van der Waals surface area contributed by atoms with E-state index in [1.807, 2.05) is 0 Å². The van der Waals surface area contributed by atoms with Gasteiger partial charge in [0, 0.05) is 34.1 Å². The van der Waals surface area contributed by atoms with Crippen LogP contribution in [-0.2, 0) is 0 Å². The lowest BCUT2D eigenvalue weighted by molar-refractivity contribution is -0.384. The number of halogens is 2. The molecule has 0 aliphatic rings. The predicted octanol–water partition coefficient (Wildman–Crippen LogP) is 5.28. The molecular formula is C21H14Cl2N4O4S. The normalized spacial score (nSPS) is 10.2. The minimum Gasteiger partial charge on any atom is -0.332 e. The average Bonchev–Trinajstić information content (AvgIpc) is 2.74. The average molecular weight is 489 g/mol. The van der Waals surface area contributed by atoms with Crippen LogP contribution in [0, 0.1) is 10.1 Å². The van der Waals surface area contributed by atoms with Crippen molar-refractivity contribution in [2.45, 2.75) is 0 Å². The highest BCUT2D eigenvalue weighted by Crippen LogP contribution is 2.22. The number of hydrogen-bond acceptors (Lipinski definition) is 5. The van der Waals surface area contributed by atoms with Crippen LogP contribution >= 0.6 is 35.4 Å². The number of non-ortho nitro benzene ring substituents is 1. The number of carbonyl (C=O) groups excluding carboxylic acids is 2. The molecule has 32 heavy (non-hydrogen) atoms. The van der Waals surface area contributed by atoms with Crippen molar-refractivity contribution in [3.63, 3.8) is 0 Å². The molecule has 162 valence electrons. The van der Waals surface area contributed by atoms with Crippen LogP contribution in [-0.4, -0.2) is 21.9 Å². The van der Waals surface area contributed by atoms with Crippen LogP contribution in [0.2, 0.25) is 10.0 Å². The summed E-state index contributed by atoms with van der Waals surface area (Å²) in [6.07, 6.45) is 0. The number of rotatable bonds is 5. The fraction of sp³-hybridized carbons (Fsp3) is 0. The molecule has 0 aliphatic carbocycles. The Balaban J connectivity index is 1.58. The smallest absolute Gasteiger partial charge is 0.270 e. The van der Waals surface area contributed by atoms with Crippen LogP contribution in [0.3, 0.4) is 0 Å². The van der Waals surface area contributed by atoms with E-state index in [1.54, 1.807) is 48.5 Å². The molecule has 0 saturated carbocycles. The Labute approximate surface area is 197 Å². The zero-order valence-electron chi connectivity index (χ0n) is 16.1. The summed E-state index contributed by atoms with van der Waals surface area (Å²) in [6, 6.07) is 16.7. The van der Waals surface area contributed by atoms with Gasteiger partial charge in [0.15, 0.2) is 5.11 Å². The molecule has 0 heterocycles. The van der Waals surface area contributed by atoms with Crippen LogP contribution in [0.1, 0.15) is 20.7 Å². The molecule has 11 heteroatoms. The Morgan fingerprint density at radius 2 is 1.53 bits per heavy atom. The second-order valence-electron chi connectivity index (χ2n) is 6.37. The van der Waals surface area contributed by atoms with Gasteiger partial charge in [0.05, 0.1) is 15.5 Å². The van der Waals surface area contributed by atoms with Crippen LogP contribution in [0.25, 0.3) is 0 Å². The second kappa shape index (κ2) is 10.2. The number of thiocarbonyl (C=S) groups is 1. The van der Waals surface area contributed by atoms with E-state index >= 15 is 0 Å². The molecule has 8 nitrogen and oxygen atoms in total. The number of amides is 2. The standard InChI is InChI=1S/C21H14Cl2N4O4S/c22-13-3-1-2-12(10-13)19(28)24-14-4-6-15(7-5-14)25-21(32)26-20(29)17-9-8-16(27(30)31)11-18(17)23/h1-11H,(H,24,28)(H2,25,26,29,32). The van der Waals surface area contributed by atoms with Crippen molar-refractivity contribution in [1.82, 2.24) is 5.32 Å². The molecule has 3 aromatic carbocycles. The van der Waals surface area contributed by atoms with E-state index in [4.69, 9.17) is 35.4 Å². The molecular weight excluding hydrogens is 475 g/mol. The SMILES string of the molecule is O=C(Nc1ccc(NC(=S)NC(=O)c2ccc([N+](=O)[O-])cc2Cl)cc1)c1cccc(Cl)c1. The number of benzene rings is 3. The Morgan fingerprint density at radius 3 is 2.12 bits per heavy atom. The van der Waals surface area contributed by atoms with E-state index in [2.05, 4.69) is 16.0 Å². The summed E-state index contributed by atoms with van der Waals surface area (Å²) in [6.45, 7) is 0. The number of nitrogens with zero attached hydrogens (tertiary/aromatic N) is 1. The van der Waals surface area contributed by atoms with Gasteiger partial charge in [-0.25, -0.2) is 0 Å². The first-order valence-electron chi connectivity index (χ1n) is 8.96.